The Morgan fingerprint density at radius 3 is 2.58 bits per heavy atom. The fraction of sp³-hybridized carbons (Fsp3) is 0.600. The second kappa shape index (κ2) is 7.17. The molecule has 0 fully saturated rings. The third-order valence-electron chi connectivity index (χ3n) is 2.86. The number of benzene rings is 1. The summed E-state index contributed by atoms with van der Waals surface area (Å²) in [5, 5.41) is 0. The topological polar surface area (TPSA) is 47.3 Å². The highest BCUT2D eigenvalue weighted by atomic mass is 32.2. The summed E-state index contributed by atoms with van der Waals surface area (Å²) in [4.78, 5) is 0. The minimum atomic E-state index is 0.250. The van der Waals surface area contributed by atoms with Crippen LogP contribution >= 0.6 is 11.8 Å². The Kier molecular flexibility index (Phi) is 6.17. The Labute approximate surface area is 121 Å². The Bertz CT molecular complexity index is 402. The molecule has 0 aliphatic rings. The summed E-state index contributed by atoms with van der Waals surface area (Å²) in [7, 11) is 1.71. The molecule has 0 spiro atoms. The van der Waals surface area contributed by atoms with Crippen LogP contribution in [-0.2, 0) is 6.42 Å². The van der Waals surface area contributed by atoms with E-state index in [2.05, 4.69) is 45.3 Å². The molecular formula is C15H26N2OS. The first-order valence-electron chi connectivity index (χ1n) is 6.59. The van der Waals surface area contributed by atoms with Crippen LogP contribution in [0.25, 0.3) is 0 Å². The highest BCUT2D eigenvalue weighted by molar-refractivity contribution is 8.00. The van der Waals surface area contributed by atoms with Gasteiger partial charge < -0.3 is 4.74 Å². The molecule has 0 aliphatic carbocycles. The minimum absolute atomic E-state index is 0.250. The molecule has 0 saturated carbocycles. The van der Waals surface area contributed by atoms with Crippen LogP contribution in [0.3, 0.4) is 0 Å². The average molecular weight is 282 g/mol. The maximum atomic E-state index is 5.68. The smallest absolute Gasteiger partial charge is 0.122 e. The monoisotopic (exact) mass is 282 g/mol. The van der Waals surface area contributed by atoms with Gasteiger partial charge in [0.25, 0.3) is 0 Å². The number of rotatable bonds is 6. The van der Waals surface area contributed by atoms with Crippen molar-refractivity contribution in [2.75, 3.05) is 12.9 Å². The molecule has 3 N–H and O–H groups in total. The van der Waals surface area contributed by atoms with Crippen molar-refractivity contribution in [1.29, 1.82) is 0 Å². The van der Waals surface area contributed by atoms with Crippen molar-refractivity contribution in [1.82, 2.24) is 5.43 Å². The summed E-state index contributed by atoms with van der Waals surface area (Å²) < 4.78 is 5.67. The van der Waals surface area contributed by atoms with Crippen LogP contribution in [0.5, 0.6) is 5.75 Å². The molecule has 0 bridgehead atoms. The number of hydrogen-bond acceptors (Lipinski definition) is 4. The molecule has 1 atom stereocenters. The lowest BCUT2D eigenvalue weighted by atomic mass is 10.0. The van der Waals surface area contributed by atoms with E-state index in [0.29, 0.717) is 0 Å². The first-order valence-corrected chi connectivity index (χ1v) is 7.58. The first kappa shape index (κ1) is 16.3. The molecule has 1 aromatic carbocycles. The maximum Gasteiger partial charge on any atom is 0.122 e. The summed E-state index contributed by atoms with van der Waals surface area (Å²) in [6, 6.07) is 6.51. The second-order valence-electron chi connectivity index (χ2n) is 5.81. The van der Waals surface area contributed by atoms with Gasteiger partial charge in [0.05, 0.1) is 7.11 Å². The molecule has 0 radical (unpaired) electrons. The van der Waals surface area contributed by atoms with E-state index in [0.717, 1.165) is 17.9 Å². The molecule has 0 heterocycles. The second-order valence-corrected chi connectivity index (χ2v) is 7.65. The first-order chi connectivity index (χ1) is 8.85. The molecule has 1 rings (SSSR count). The summed E-state index contributed by atoms with van der Waals surface area (Å²) in [6.07, 6.45) is 0.879. The Morgan fingerprint density at radius 1 is 1.37 bits per heavy atom. The van der Waals surface area contributed by atoms with Gasteiger partial charge in [-0.25, -0.2) is 0 Å². The number of nitrogens with one attached hydrogen (secondary N) is 1. The summed E-state index contributed by atoms with van der Waals surface area (Å²) >= 11 is 1.92. The number of methoxy groups -OCH3 is 1. The highest BCUT2D eigenvalue weighted by Gasteiger charge is 2.16. The number of nitrogens with two attached hydrogens (primary N) is 1. The van der Waals surface area contributed by atoms with E-state index in [4.69, 9.17) is 10.6 Å². The van der Waals surface area contributed by atoms with Crippen molar-refractivity contribution in [3.63, 3.8) is 0 Å². The molecule has 4 heteroatoms. The van der Waals surface area contributed by atoms with Crippen molar-refractivity contribution < 1.29 is 4.74 Å². The van der Waals surface area contributed by atoms with Gasteiger partial charge >= 0.3 is 0 Å². The predicted molar refractivity (Wildman–Crippen MR) is 84.8 cm³/mol. The molecule has 1 aromatic rings. The number of hydrogen-bond donors (Lipinski definition) is 2. The van der Waals surface area contributed by atoms with E-state index >= 15 is 0 Å². The van der Waals surface area contributed by atoms with Gasteiger partial charge in [0.15, 0.2) is 0 Å². The third-order valence-corrected chi connectivity index (χ3v) is 4.29. The van der Waals surface area contributed by atoms with Gasteiger partial charge in [0.1, 0.15) is 5.75 Å². The van der Waals surface area contributed by atoms with Gasteiger partial charge in [0.2, 0.25) is 0 Å². The van der Waals surface area contributed by atoms with Crippen LogP contribution in [0.4, 0.5) is 0 Å². The van der Waals surface area contributed by atoms with Crippen molar-refractivity contribution in [2.45, 2.75) is 44.9 Å². The fourth-order valence-electron chi connectivity index (χ4n) is 1.85. The average Bonchev–Trinajstić information content (AvgIpc) is 2.33. The third kappa shape index (κ3) is 5.85. The van der Waals surface area contributed by atoms with Crippen molar-refractivity contribution in [3.8, 4) is 5.75 Å². The van der Waals surface area contributed by atoms with E-state index < -0.39 is 0 Å². The molecule has 0 amide bonds. The van der Waals surface area contributed by atoms with Gasteiger partial charge in [-0.05, 0) is 25.0 Å². The standard InChI is InChI=1S/C15H26N2OS/c1-11-6-7-14(18-5)12(8-11)9-13(17-16)10-19-15(2,3)4/h6-8,13,17H,9-10,16H2,1-5H3. The molecule has 3 nitrogen and oxygen atoms in total. The van der Waals surface area contributed by atoms with Crippen LogP contribution < -0.4 is 16.0 Å². The SMILES string of the molecule is COc1ccc(C)cc1CC(CSC(C)(C)C)NN. The number of aryl methyl sites for hydroxylation is 1. The molecule has 0 saturated heterocycles. The van der Waals surface area contributed by atoms with E-state index in [1.54, 1.807) is 7.11 Å². The maximum absolute atomic E-state index is 5.68. The van der Waals surface area contributed by atoms with Gasteiger partial charge in [-0.15, -0.1) is 0 Å². The van der Waals surface area contributed by atoms with Crippen molar-refractivity contribution in [2.24, 2.45) is 5.84 Å². The van der Waals surface area contributed by atoms with E-state index in [-0.39, 0.29) is 10.8 Å². The Balaban J connectivity index is 2.72. The van der Waals surface area contributed by atoms with Gasteiger partial charge in [0, 0.05) is 16.5 Å². The van der Waals surface area contributed by atoms with Gasteiger partial charge in [-0.3, -0.25) is 11.3 Å². The zero-order chi connectivity index (χ0) is 14.5. The number of ether oxygens (including phenoxy) is 1. The summed E-state index contributed by atoms with van der Waals surface area (Å²) in [5.41, 5.74) is 5.37. The van der Waals surface area contributed by atoms with Crippen LogP contribution in [0.2, 0.25) is 0 Å². The summed E-state index contributed by atoms with van der Waals surface area (Å²) in [5.74, 6) is 7.60. The molecule has 19 heavy (non-hydrogen) atoms. The lowest BCUT2D eigenvalue weighted by Crippen LogP contribution is -2.39. The quantitative estimate of drug-likeness (QED) is 0.622. The normalized spacial score (nSPS) is 13.4. The highest BCUT2D eigenvalue weighted by Crippen LogP contribution is 2.26. The zero-order valence-electron chi connectivity index (χ0n) is 12.6. The predicted octanol–water partition coefficient (Wildman–Crippen LogP) is 2.91. The lowest BCUT2D eigenvalue weighted by Gasteiger charge is -2.23. The molecule has 108 valence electrons. The number of thioether (sulfide) groups is 1. The largest absolute Gasteiger partial charge is 0.496 e. The van der Waals surface area contributed by atoms with Gasteiger partial charge in [-0.2, -0.15) is 11.8 Å². The van der Waals surface area contributed by atoms with Crippen LogP contribution in [0, 0.1) is 6.92 Å². The summed E-state index contributed by atoms with van der Waals surface area (Å²) in [6.45, 7) is 8.76. The molecule has 1 unspecified atom stereocenters. The minimum Gasteiger partial charge on any atom is -0.496 e. The van der Waals surface area contributed by atoms with E-state index in [9.17, 15) is 0 Å². The lowest BCUT2D eigenvalue weighted by molar-refractivity contribution is 0.406. The zero-order valence-corrected chi connectivity index (χ0v) is 13.4. The number of hydrazine groups is 1. The van der Waals surface area contributed by atoms with Crippen molar-refractivity contribution in [3.05, 3.63) is 29.3 Å². The Morgan fingerprint density at radius 2 is 2.05 bits per heavy atom. The van der Waals surface area contributed by atoms with Gasteiger partial charge in [-0.1, -0.05) is 38.5 Å². The van der Waals surface area contributed by atoms with E-state index in [1.807, 2.05) is 17.8 Å². The molecular weight excluding hydrogens is 256 g/mol. The molecule has 0 aliphatic heterocycles. The van der Waals surface area contributed by atoms with Crippen molar-refractivity contribution >= 4 is 11.8 Å². The van der Waals surface area contributed by atoms with E-state index in [1.165, 1.54) is 11.1 Å². The van der Waals surface area contributed by atoms with Crippen LogP contribution in [0.1, 0.15) is 31.9 Å². The van der Waals surface area contributed by atoms with Crippen LogP contribution in [0.15, 0.2) is 18.2 Å². The molecule has 0 aromatic heterocycles. The van der Waals surface area contributed by atoms with Crippen LogP contribution in [-0.4, -0.2) is 23.7 Å². The Hall–Kier alpha value is -0.710. The fourth-order valence-corrected chi connectivity index (χ4v) is 2.76.